The van der Waals surface area contributed by atoms with E-state index in [1.807, 2.05) is 32.6 Å². The topological polar surface area (TPSA) is 70.0 Å². The van der Waals surface area contributed by atoms with Gasteiger partial charge in [-0.2, -0.15) is 0 Å². The number of hydrogen-bond donors (Lipinski definition) is 2. The van der Waals surface area contributed by atoms with E-state index in [-0.39, 0.29) is 12.1 Å². The molecule has 0 radical (unpaired) electrons. The number of rotatable bonds is 5. The fourth-order valence-electron chi connectivity index (χ4n) is 1.69. The summed E-state index contributed by atoms with van der Waals surface area (Å²) >= 11 is 0. The first-order valence-corrected chi connectivity index (χ1v) is 6.19. The molecule has 6 heteroatoms. The quantitative estimate of drug-likeness (QED) is 0.549. The summed E-state index contributed by atoms with van der Waals surface area (Å²) in [6.07, 6.45) is -0.587. The van der Waals surface area contributed by atoms with E-state index in [1.165, 1.54) is 0 Å². The van der Waals surface area contributed by atoms with Crippen LogP contribution in [0.4, 0.5) is 0 Å². The average Bonchev–Trinajstić information content (AvgIpc) is 1.78. The maximum absolute atomic E-state index is 10.6. The SMILES string of the molecule is CC(C)N(C(C)C)C(C)OP(=O)(O)O. The highest BCUT2D eigenvalue weighted by Gasteiger charge is 2.27. The smallest absolute Gasteiger partial charge is 0.303 e. The Hall–Kier alpha value is 0.0700. The van der Waals surface area contributed by atoms with E-state index in [9.17, 15) is 4.57 Å². The summed E-state index contributed by atoms with van der Waals surface area (Å²) in [6, 6.07) is 0.355. The molecule has 0 saturated carbocycles. The summed E-state index contributed by atoms with van der Waals surface area (Å²) in [5.74, 6) is 0. The van der Waals surface area contributed by atoms with Crippen LogP contribution in [0, 0.1) is 0 Å². The molecule has 0 amide bonds. The van der Waals surface area contributed by atoms with Gasteiger partial charge in [-0.3, -0.25) is 9.42 Å². The summed E-state index contributed by atoms with van der Waals surface area (Å²) < 4.78 is 15.3. The second-order valence-corrected chi connectivity index (χ2v) is 5.02. The Morgan fingerprint density at radius 3 is 1.64 bits per heavy atom. The lowest BCUT2D eigenvalue weighted by Gasteiger charge is -2.35. The minimum Gasteiger partial charge on any atom is -0.303 e. The highest BCUT2D eigenvalue weighted by molar-refractivity contribution is 7.46. The van der Waals surface area contributed by atoms with Crippen molar-refractivity contribution in [3.63, 3.8) is 0 Å². The van der Waals surface area contributed by atoms with E-state index in [4.69, 9.17) is 9.79 Å². The molecule has 0 rings (SSSR count). The van der Waals surface area contributed by atoms with Crippen molar-refractivity contribution in [1.82, 2.24) is 4.90 Å². The lowest BCUT2D eigenvalue weighted by atomic mass is 10.2. The second-order valence-electron chi connectivity index (χ2n) is 3.83. The normalized spacial score (nSPS) is 15.6. The van der Waals surface area contributed by atoms with Gasteiger partial charge in [0.1, 0.15) is 6.23 Å². The lowest BCUT2D eigenvalue weighted by Crippen LogP contribution is -2.44. The fourth-order valence-corrected chi connectivity index (χ4v) is 2.20. The first-order valence-electron chi connectivity index (χ1n) is 4.66. The second kappa shape index (κ2) is 5.24. The minimum atomic E-state index is -4.40. The van der Waals surface area contributed by atoms with E-state index in [0.29, 0.717) is 0 Å². The van der Waals surface area contributed by atoms with Crippen LogP contribution in [0.2, 0.25) is 0 Å². The van der Waals surface area contributed by atoms with Crippen LogP contribution < -0.4 is 0 Å². The van der Waals surface area contributed by atoms with Crippen molar-refractivity contribution in [3.8, 4) is 0 Å². The molecule has 0 aliphatic rings. The molecule has 0 saturated heterocycles. The van der Waals surface area contributed by atoms with Crippen molar-refractivity contribution in [2.24, 2.45) is 0 Å². The van der Waals surface area contributed by atoms with Gasteiger partial charge in [0.2, 0.25) is 0 Å². The van der Waals surface area contributed by atoms with Gasteiger partial charge in [0.05, 0.1) is 0 Å². The summed E-state index contributed by atoms with van der Waals surface area (Å²) in [7, 11) is -4.40. The Bertz CT molecular complexity index is 205. The molecule has 0 aromatic heterocycles. The first-order chi connectivity index (χ1) is 6.15. The van der Waals surface area contributed by atoms with Crippen molar-refractivity contribution in [2.75, 3.05) is 0 Å². The highest BCUT2D eigenvalue weighted by Crippen LogP contribution is 2.38. The van der Waals surface area contributed by atoms with Crippen LogP contribution >= 0.6 is 7.82 Å². The van der Waals surface area contributed by atoms with Crippen molar-refractivity contribution >= 4 is 7.82 Å². The molecular weight excluding hydrogens is 205 g/mol. The van der Waals surface area contributed by atoms with Crippen LogP contribution in [0.25, 0.3) is 0 Å². The predicted octanol–water partition coefficient (Wildman–Crippen LogP) is 1.56. The number of nitrogens with zero attached hydrogens (tertiary/aromatic N) is 1. The minimum absolute atomic E-state index is 0.177. The van der Waals surface area contributed by atoms with Crippen LogP contribution in [-0.2, 0) is 9.09 Å². The zero-order valence-corrected chi connectivity index (χ0v) is 10.2. The van der Waals surface area contributed by atoms with E-state index in [1.54, 1.807) is 6.92 Å². The fraction of sp³-hybridized carbons (Fsp3) is 1.00. The molecule has 1 atom stereocenters. The Morgan fingerprint density at radius 1 is 1.07 bits per heavy atom. The van der Waals surface area contributed by atoms with E-state index >= 15 is 0 Å². The van der Waals surface area contributed by atoms with Crippen molar-refractivity contribution in [2.45, 2.75) is 52.9 Å². The lowest BCUT2D eigenvalue weighted by molar-refractivity contribution is -0.0220. The van der Waals surface area contributed by atoms with Gasteiger partial charge < -0.3 is 9.79 Å². The molecule has 0 aromatic carbocycles. The van der Waals surface area contributed by atoms with Gasteiger partial charge in [-0.15, -0.1) is 0 Å². The molecule has 0 fully saturated rings. The van der Waals surface area contributed by atoms with Crippen molar-refractivity contribution in [3.05, 3.63) is 0 Å². The van der Waals surface area contributed by atoms with Crippen LogP contribution in [0.1, 0.15) is 34.6 Å². The third-order valence-electron chi connectivity index (χ3n) is 1.90. The maximum atomic E-state index is 10.6. The van der Waals surface area contributed by atoms with Crippen LogP contribution in [-0.4, -0.2) is 33.0 Å². The predicted molar refractivity (Wildman–Crippen MR) is 54.7 cm³/mol. The van der Waals surface area contributed by atoms with E-state index in [0.717, 1.165) is 0 Å². The van der Waals surface area contributed by atoms with Crippen LogP contribution in [0.3, 0.4) is 0 Å². The zero-order valence-electron chi connectivity index (χ0n) is 9.34. The van der Waals surface area contributed by atoms with Gasteiger partial charge in [-0.1, -0.05) is 0 Å². The molecule has 0 bridgehead atoms. The largest absolute Gasteiger partial charge is 0.471 e. The summed E-state index contributed by atoms with van der Waals surface area (Å²) in [4.78, 5) is 19.2. The molecule has 0 heterocycles. The van der Waals surface area contributed by atoms with Crippen LogP contribution in [0.5, 0.6) is 0 Å². The molecule has 1 unspecified atom stereocenters. The molecular formula is C8H20NO4P. The van der Waals surface area contributed by atoms with Gasteiger partial charge in [-0.05, 0) is 34.6 Å². The molecule has 5 nitrogen and oxygen atoms in total. The molecule has 0 aliphatic carbocycles. The number of phosphoric acid groups is 1. The van der Waals surface area contributed by atoms with Crippen molar-refractivity contribution in [1.29, 1.82) is 0 Å². The van der Waals surface area contributed by atoms with E-state index in [2.05, 4.69) is 4.52 Å². The third kappa shape index (κ3) is 5.08. The van der Waals surface area contributed by atoms with Gasteiger partial charge in [-0.25, -0.2) is 4.57 Å². The average molecular weight is 225 g/mol. The van der Waals surface area contributed by atoms with Gasteiger partial charge >= 0.3 is 7.82 Å². The Morgan fingerprint density at radius 2 is 1.43 bits per heavy atom. The van der Waals surface area contributed by atoms with Gasteiger partial charge in [0.25, 0.3) is 0 Å². The standard InChI is InChI=1S/C8H20NO4P/c1-6(2)9(7(3)4)8(5)13-14(10,11)12/h6-8H,1-5H3,(H2,10,11,12). The van der Waals surface area contributed by atoms with E-state index < -0.39 is 14.1 Å². The van der Waals surface area contributed by atoms with Crippen molar-refractivity contribution < 1.29 is 18.9 Å². The molecule has 2 N–H and O–H groups in total. The first kappa shape index (κ1) is 14.1. The Balaban J connectivity index is 4.45. The van der Waals surface area contributed by atoms with Gasteiger partial charge in [0, 0.05) is 12.1 Å². The number of hydrogen-bond acceptors (Lipinski definition) is 3. The van der Waals surface area contributed by atoms with Gasteiger partial charge in [0.15, 0.2) is 0 Å². The summed E-state index contributed by atoms with van der Waals surface area (Å²) in [6.45, 7) is 9.47. The van der Waals surface area contributed by atoms with Crippen LogP contribution in [0.15, 0.2) is 0 Å². The summed E-state index contributed by atoms with van der Waals surface area (Å²) in [5, 5.41) is 0. The maximum Gasteiger partial charge on any atom is 0.471 e. The Labute approximate surface area is 85.3 Å². The molecule has 86 valence electrons. The molecule has 14 heavy (non-hydrogen) atoms. The number of phosphoric ester groups is 1. The molecule has 0 spiro atoms. The molecule has 0 aliphatic heterocycles. The zero-order chi connectivity index (χ0) is 11.5. The highest BCUT2D eigenvalue weighted by atomic mass is 31.2. The monoisotopic (exact) mass is 225 g/mol. The summed E-state index contributed by atoms with van der Waals surface area (Å²) in [5.41, 5.74) is 0. The molecule has 0 aromatic rings. The Kier molecular flexibility index (Phi) is 5.26. The third-order valence-corrected chi connectivity index (χ3v) is 2.48.